The molecule has 0 saturated heterocycles. The van der Waals surface area contributed by atoms with E-state index in [9.17, 15) is 4.79 Å². The van der Waals surface area contributed by atoms with Gasteiger partial charge >= 0.3 is 5.97 Å². The van der Waals surface area contributed by atoms with Crippen LogP contribution in [0, 0.1) is 0 Å². The molecule has 0 aliphatic carbocycles. The fraction of sp³-hybridized carbons (Fsp3) is 0.294. The molecule has 1 heterocycles. The Morgan fingerprint density at radius 1 is 1.05 bits per heavy atom. The Kier molecular flexibility index (Phi) is 6.23. The molecule has 0 spiro atoms. The molecule has 0 amide bonds. The van der Waals surface area contributed by atoms with Crippen molar-refractivity contribution in [2.75, 3.05) is 19.8 Å². The summed E-state index contributed by atoms with van der Waals surface area (Å²) in [5.74, 6) is 0.924. The highest BCUT2D eigenvalue weighted by atomic mass is 16.6. The minimum Gasteiger partial charge on any atom is -0.494 e. The molecule has 1 aromatic carbocycles. The number of pyridine rings is 1. The number of aromatic nitrogens is 1. The molecule has 0 aliphatic heterocycles. The number of ether oxygens (including phenoxy) is 3. The zero-order chi connectivity index (χ0) is 15.6. The minimum absolute atomic E-state index is 0.174. The van der Waals surface area contributed by atoms with Crippen molar-refractivity contribution < 1.29 is 19.0 Å². The molecule has 2 rings (SSSR count). The van der Waals surface area contributed by atoms with Crippen molar-refractivity contribution in [1.82, 2.24) is 4.98 Å². The van der Waals surface area contributed by atoms with E-state index in [-0.39, 0.29) is 13.2 Å². The Balaban J connectivity index is 1.77. The minimum atomic E-state index is -0.392. The van der Waals surface area contributed by atoms with Crippen LogP contribution in [0.25, 0.3) is 0 Å². The SMILES string of the molecule is CCCOc1cccc(C(=O)OCCOc2cccnc2)c1. The highest BCUT2D eigenvalue weighted by molar-refractivity contribution is 5.89. The maximum Gasteiger partial charge on any atom is 0.338 e. The summed E-state index contributed by atoms with van der Waals surface area (Å²) in [6.45, 7) is 3.11. The van der Waals surface area contributed by atoms with Gasteiger partial charge in [-0.2, -0.15) is 0 Å². The summed E-state index contributed by atoms with van der Waals surface area (Å²) in [5, 5.41) is 0. The lowest BCUT2D eigenvalue weighted by Gasteiger charge is -2.08. The average molecular weight is 301 g/mol. The molecule has 0 unspecified atom stereocenters. The van der Waals surface area contributed by atoms with Crippen molar-refractivity contribution in [3.05, 3.63) is 54.4 Å². The predicted molar refractivity (Wildman–Crippen MR) is 82.2 cm³/mol. The molecule has 116 valence electrons. The van der Waals surface area contributed by atoms with Gasteiger partial charge in [-0.3, -0.25) is 4.98 Å². The number of rotatable bonds is 8. The zero-order valence-corrected chi connectivity index (χ0v) is 12.5. The maximum atomic E-state index is 11.9. The first-order chi connectivity index (χ1) is 10.8. The van der Waals surface area contributed by atoms with Crippen molar-refractivity contribution in [3.63, 3.8) is 0 Å². The van der Waals surface area contributed by atoms with Gasteiger partial charge in [-0.25, -0.2) is 4.79 Å². The van der Waals surface area contributed by atoms with E-state index in [1.807, 2.05) is 13.0 Å². The van der Waals surface area contributed by atoms with E-state index in [1.54, 1.807) is 42.7 Å². The van der Waals surface area contributed by atoms with Crippen LogP contribution < -0.4 is 9.47 Å². The second-order valence-corrected chi connectivity index (χ2v) is 4.55. The maximum absolute atomic E-state index is 11.9. The van der Waals surface area contributed by atoms with Gasteiger partial charge in [0.15, 0.2) is 0 Å². The molecular weight excluding hydrogens is 282 g/mol. The van der Waals surface area contributed by atoms with Crippen LogP contribution in [0.1, 0.15) is 23.7 Å². The Morgan fingerprint density at radius 3 is 2.64 bits per heavy atom. The molecule has 5 nitrogen and oxygen atoms in total. The molecule has 0 fully saturated rings. The van der Waals surface area contributed by atoms with E-state index in [0.717, 1.165) is 6.42 Å². The third-order valence-electron chi connectivity index (χ3n) is 2.76. The molecule has 0 bridgehead atoms. The number of carbonyl (C=O) groups excluding carboxylic acids is 1. The number of benzene rings is 1. The molecule has 0 saturated carbocycles. The first kappa shape index (κ1) is 15.8. The third-order valence-corrected chi connectivity index (χ3v) is 2.76. The highest BCUT2D eigenvalue weighted by Gasteiger charge is 2.08. The largest absolute Gasteiger partial charge is 0.494 e. The van der Waals surface area contributed by atoms with Crippen molar-refractivity contribution in [2.45, 2.75) is 13.3 Å². The first-order valence-corrected chi connectivity index (χ1v) is 7.22. The van der Waals surface area contributed by atoms with E-state index in [1.165, 1.54) is 0 Å². The van der Waals surface area contributed by atoms with Gasteiger partial charge in [-0.1, -0.05) is 13.0 Å². The number of carbonyl (C=O) groups is 1. The van der Waals surface area contributed by atoms with Gasteiger partial charge < -0.3 is 14.2 Å². The smallest absolute Gasteiger partial charge is 0.338 e. The van der Waals surface area contributed by atoms with Crippen LogP contribution in [-0.2, 0) is 4.74 Å². The predicted octanol–water partition coefficient (Wildman–Crippen LogP) is 3.11. The summed E-state index contributed by atoms with van der Waals surface area (Å²) >= 11 is 0. The van der Waals surface area contributed by atoms with Crippen molar-refractivity contribution in [3.8, 4) is 11.5 Å². The average Bonchev–Trinajstić information content (AvgIpc) is 2.58. The summed E-state index contributed by atoms with van der Waals surface area (Å²) in [5.41, 5.74) is 0.468. The summed E-state index contributed by atoms with van der Waals surface area (Å²) < 4.78 is 16.1. The van der Waals surface area contributed by atoms with Crippen LogP contribution in [0.4, 0.5) is 0 Å². The second kappa shape index (κ2) is 8.67. The highest BCUT2D eigenvalue weighted by Crippen LogP contribution is 2.14. The lowest BCUT2D eigenvalue weighted by atomic mass is 10.2. The van der Waals surface area contributed by atoms with Crippen molar-refractivity contribution in [1.29, 1.82) is 0 Å². The van der Waals surface area contributed by atoms with E-state index in [4.69, 9.17) is 14.2 Å². The molecule has 1 aromatic heterocycles. The standard InChI is InChI=1S/C17H19NO4/c1-2-9-20-15-6-3-5-14(12-15)17(19)22-11-10-21-16-7-4-8-18-13-16/h3-8,12-13H,2,9-11H2,1H3. The van der Waals surface area contributed by atoms with Gasteiger partial charge in [0.05, 0.1) is 18.4 Å². The summed E-state index contributed by atoms with van der Waals surface area (Å²) in [6.07, 6.45) is 4.19. The van der Waals surface area contributed by atoms with Crippen LogP contribution in [0.3, 0.4) is 0 Å². The van der Waals surface area contributed by atoms with Crippen LogP contribution in [0.2, 0.25) is 0 Å². The lowest BCUT2D eigenvalue weighted by Crippen LogP contribution is -2.12. The normalized spacial score (nSPS) is 10.0. The van der Waals surface area contributed by atoms with E-state index < -0.39 is 5.97 Å². The Labute approximate surface area is 129 Å². The zero-order valence-electron chi connectivity index (χ0n) is 12.5. The molecule has 5 heteroatoms. The summed E-state index contributed by atoms with van der Waals surface area (Å²) in [4.78, 5) is 15.9. The van der Waals surface area contributed by atoms with Gasteiger partial charge in [0.25, 0.3) is 0 Å². The van der Waals surface area contributed by atoms with Crippen LogP contribution in [-0.4, -0.2) is 30.8 Å². The Morgan fingerprint density at radius 2 is 1.86 bits per heavy atom. The molecule has 0 radical (unpaired) electrons. The van der Waals surface area contributed by atoms with Crippen molar-refractivity contribution in [2.24, 2.45) is 0 Å². The molecule has 2 aromatic rings. The number of esters is 1. The Hall–Kier alpha value is -2.56. The molecular formula is C17H19NO4. The van der Waals surface area contributed by atoms with E-state index >= 15 is 0 Å². The van der Waals surface area contributed by atoms with E-state index in [2.05, 4.69) is 4.98 Å². The van der Waals surface area contributed by atoms with Crippen LogP contribution in [0.15, 0.2) is 48.8 Å². The van der Waals surface area contributed by atoms with Gasteiger partial charge in [-0.05, 0) is 36.8 Å². The Bertz CT molecular complexity index is 586. The topological polar surface area (TPSA) is 57.7 Å². The fourth-order valence-electron chi connectivity index (χ4n) is 1.74. The van der Waals surface area contributed by atoms with Gasteiger partial charge in [0.2, 0.25) is 0 Å². The molecule has 0 N–H and O–H groups in total. The molecule has 0 atom stereocenters. The lowest BCUT2D eigenvalue weighted by molar-refractivity contribution is 0.0450. The molecule has 0 aliphatic rings. The quantitative estimate of drug-likeness (QED) is 0.554. The monoisotopic (exact) mass is 301 g/mol. The van der Waals surface area contributed by atoms with E-state index in [0.29, 0.717) is 23.7 Å². The van der Waals surface area contributed by atoms with Crippen molar-refractivity contribution >= 4 is 5.97 Å². The van der Waals surface area contributed by atoms with Gasteiger partial charge in [0.1, 0.15) is 24.7 Å². The fourth-order valence-corrected chi connectivity index (χ4v) is 1.74. The second-order valence-electron chi connectivity index (χ2n) is 4.55. The van der Waals surface area contributed by atoms with Crippen LogP contribution >= 0.6 is 0 Å². The number of hydrogen-bond acceptors (Lipinski definition) is 5. The summed E-state index contributed by atoms with van der Waals surface area (Å²) in [7, 11) is 0. The number of nitrogens with zero attached hydrogens (tertiary/aromatic N) is 1. The van der Waals surface area contributed by atoms with Gasteiger partial charge in [0, 0.05) is 6.20 Å². The molecule has 22 heavy (non-hydrogen) atoms. The third kappa shape index (κ3) is 5.09. The van der Waals surface area contributed by atoms with Gasteiger partial charge in [-0.15, -0.1) is 0 Å². The first-order valence-electron chi connectivity index (χ1n) is 7.22. The summed E-state index contributed by atoms with van der Waals surface area (Å²) in [6, 6.07) is 10.5. The van der Waals surface area contributed by atoms with Crippen LogP contribution in [0.5, 0.6) is 11.5 Å². The number of hydrogen-bond donors (Lipinski definition) is 0.